The molecule has 0 radical (unpaired) electrons. The van der Waals surface area contributed by atoms with E-state index in [1.807, 2.05) is 19.1 Å². The first kappa shape index (κ1) is 13.3. The minimum absolute atomic E-state index is 0.0633. The summed E-state index contributed by atoms with van der Waals surface area (Å²) < 4.78 is 11.2. The Labute approximate surface area is 98.2 Å². The van der Waals surface area contributed by atoms with Crippen molar-refractivity contribution >= 4 is 0 Å². The molecule has 3 heteroatoms. The molecular weight excluding hydrogens is 202 g/mol. The molecule has 92 valence electrons. The topological polar surface area (TPSA) is 34.4 Å². The Bertz CT molecular complexity index is 312. The van der Waals surface area contributed by atoms with E-state index in [0.717, 1.165) is 18.1 Å². The van der Waals surface area contributed by atoms with Crippen molar-refractivity contribution in [1.82, 2.24) is 5.32 Å². The molecule has 3 nitrogen and oxygen atoms in total. The zero-order chi connectivity index (χ0) is 12.2. The minimum atomic E-state index is -0.0633. The van der Waals surface area contributed by atoms with Crippen LogP contribution in [0.25, 0.3) is 0 Å². The van der Waals surface area contributed by atoms with Crippen molar-refractivity contribution in [2.45, 2.75) is 46.3 Å². The van der Waals surface area contributed by atoms with Gasteiger partial charge in [0.2, 0.25) is 0 Å². The predicted octanol–water partition coefficient (Wildman–Crippen LogP) is 3.05. The summed E-state index contributed by atoms with van der Waals surface area (Å²) in [6, 6.07) is 4.23. The Morgan fingerprint density at radius 3 is 2.56 bits per heavy atom. The number of aryl methyl sites for hydroxylation is 1. The number of hydrogen-bond acceptors (Lipinski definition) is 3. The second-order valence-corrected chi connectivity index (χ2v) is 5.09. The summed E-state index contributed by atoms with van der Waals surface area (Å²) in [6.45, 7) is 11.8. The van der Waals surface area contributed by atoms with E-state index in [4.69, 9.17) is 9.15 Å². The number of ether oxygens (including phenoxy) is 1. The number of hydrogen-bond donors (Lipinski definition) is 1. The Hall–Kier alpha value is -0.800. The molecule has 0 aliphatic carbocycles. The molecule has 0 saturated heterocycles. The molecule has 0 aliphatic rings. The van der Waals surface area contributed by atoms with Crippen LogP contribution in [0, 0.1) is 6.92 Å². The van der Waals surface area contributed by atoms with Crippen molar-refractivity contribution in [2.24, 2.45) is 0 Å². The fourth-order valence-corrected chi connectivity index (χ4v) is 1.42. The molecule has 0 aliphatic heterocycles. The Morgan fingerprint density at radius 1 is 1.38 bits per heavy atom. The standard InChI is InChI=1S/C13H23NO2/c1-10-6-7-12(16-10)11(2)14-8-9-15-13(3,4)5/h6-7,11,14H,8-9H2,1-5H3. The van der Waals surface area contributed by atoms with Crippen LogP contribution in [0.15, 0.2) is 16.5 Å². The molecule has 1 atom stereocenters. The van der Waals surface area contributed by atoms with Gasteiger partial charge in [-0.2, -0.15) is 0 Å². The molecule has 1 rings (SSSR count). The van der Waals surface area contributed by atoms with Gasteiger partial charge in [0.15, 0.2) is 0 Å². The smallest absolute Gasteiger partial charge is 0.120 e. The summed E-state index contributed by atoms with van der Waals surface area (Å²) in [6.07, 6.45) is 0. The van der Waals surface area contributed by atoms with Gasteiger partial charge in [-0.05, 0) is 46.8 Å². The molecule has 1 heterocycles. The van der Waals surface area contributed by atoms with Gasteiger partial charge in [0.1, 0.15) is 11.5 Å². The second-order valence-electron chi connectivity index (χ2n) is 5.09. The van der Waals surface area contributed by atoms with E-state index < -0.39 is 0 Å². The summed E-state index contributed by atoms with van der Waals surface area (Å²) in [4.78, 5) is 0. The van der Waals surface area contributed by atoms with Gasteiger partial charge < -0.3 is 14.5 Å². The van der Waals surface area contributed by atoms with Crippen molar-refractivity contribution in [3.8, 4) is 0 Å². The van der Waals surface area contributed by atoms with Gasteiger partial charge in [-0.3, -0.25) is 0 Å². The van der Waals surface area contributed by atoms with E-state index in [1.165, 1.54) is 0 Å². The molecule has 1 unspecified atom stereocenters. The summed E-state index contributed by atoms with van der Waals surface area (Å²) in [7, 11) is 0. The zero-order valence-electron chi connectivity index (χ0n) is 11.0. The van der Waals surface area contributed by atoms with Crippen molar-refractivity contribution < 1.29 is 9.15 Å². The van der Waals surface area contributed by atoms with E-state index >= 15 is 0 Å². The average Bonchev–Trinajstić information content (AvgIpc) is 2.57. The van der Waals surface area contributed by atoms with Gasteiger partial charge >= 0.3 is 0 Å². The number of rotatable bonds is 5. The largest absolute Gasteiger partial charge is 0.465 e. The lowest BCUT2D eigenvalue weighted by Gasteiger charge is -2.20. The van der Waals surface area contributed by atoms with Gasteiger partial charge in [-0.15, -0.1) is 0 Å². The van der Waals surface area contributed by atoms with E-state index in [0.29, 0.717) is 6.61 Å². The first-order valence-electron chi connectivity index (χ1n) is 5.82. The lowest BCUT2D eigenvalue weighted by Crippen LogP contribution is -2.28. The molecular formula is C13H23NO2. The van der Waals surface area contributed by atoms with Gasteiger partial charge in [0.05, 0.1) is 18.2 Å². The molecule has 0 saturated carbocycles. The third-order valence-corrected chi connectivity index (χ3v) is 2.28. The van der Waals surface area contributed by atoms with E-state index in [-0.39, 0.29) is 11.6 Å². The second kappa shape index (κ2) is 5.51. The Kier molecular flexibility index (Phi) is 4.56. The summed E-state index contributed by atoms with van der Waals surface area (Å²) in [5.41, 5.74) is -0.0633. The fraction of sp³-hybridized carbons (Fsp3) is 0.692. The average molecular weight is 225 g/mol. The van der Waals surface area contributed by atoms with Crippen molar-refractivity contribution in [2.75, 3.05) is 13.2 Å². The molecule has 16 heavy (non-hydrogen) atoms. The summed E-state index contributed by atoms with van der Waals surface area (Å²) in [5.74, 6) is 1.93. The highest BCUT2D eigenvalue weighted by Crippen LogP contribution is 2.15. The maximum absolute atomic E-state index is 5.63. The molecule has 0 bridgehead atoms. The summed E-state index contributed by atoms with van der Waals surface area (Å²) in [5, 5.41) is 3.37. The summed E-state index contributed by atoms with van der Waals surface area (Å²) >= 11 is 0. The van der Waals surface area contributed by atoms with Gasteiger partial charge in [-0.25, -0.2) is 0 Å². The molecule has 0 amide bonds. The molecule has 1 aromatic rings. The zero-order valence-corrected chi connectivity index (χ0v) is 11.0. The normalized spacial score (nSPS) is 14.1. The van der Waals surface area contributed by atoms with Gasteiger partial charge in [0.25, 0.3) is 0 Å². The molecule has 0 aromatic carbocycles. The monoisotopic (exact) mass is 225 g/mol. The third-order valence-electron chi connectivity index (χ3n) is 2.28. The highest BCUT2D eigenvalue weighted by Gasteiger charge is 2.11. The Morgan fingerprint density at radius 2 is 2.06 bits per heavy atom. The fourth-order valence-electron chi connectivity index (χ4n) is 1.42. The van der Waals surface area contributed by atoms with Crippen molar-refractivity contribution in [3.05, 3.63) is 23.7 Å². The van der Waals surface area contributed by atoms with Crippen LogP contribution in [0.4, 0.5) is 0 Å². The number of furan rings is 1. The van der Waals surface area contributed by atoms with Crippen LogP contribution >= 0.6 is 0 Å². The van der Waals surface area contributed by atoms with Crippen LogP contribution in [-0.2, 0) is 4.74 Å². The SMILES string of the molecule is Cc1ccc(C(C)NCCOC(C)(C)C)o1. The molecule has 0 spiro atoms. The maximum atomic E-state index is 5.63. The lowest BCUT2D eigenvalue weighted by molar-refractivity contribution is -0.00165. The maximum Gasteiger partial charge on any atom is 0.120 e. The molecule has 1 N–H and O–H groups in total. The van der Waals surface area contributed by atoms with Crippen molar-refractivity contribution in [3.63, 3.8) is 0 Å². The van der Waals surface area contributed by atoms with Crippen molar-refractivity contribution in [1.29, 1.82) is 0 Å². The molecule has 1 aromatic heterocycles. The minimum Gasteiger partial charge on any atom is -0.465 e. The van der Waals surface area contributed by atoms with Crippen LogP contribution in [0.5, 0.6) is 0 Å². The Balaban J connectivity index is 2.23. The first-order chi connectivity index (χ1) is 7.38. The highest BCUT2D eigenvalue weighted by atomic mass is 16.5. The van der Waals surface area contributed by atoms with E-state index in [2.05, 4.69) is 33.0 Å². The third kappa shape index (κ3) is 4.81. The van der Waals surface area contributed by atoms with Crippen LogP contribution in [0.1, 0.15) is 45.3 Å². The van der Waals surface area contributed by atoms with Crippen LogP contribution in [0.2, 0.25) is 0 Å². The van der Waals surface area contributed by atoms with Crippen LogP contribution in [0.3, 0.4) is 0 Å². The van der Waals surface area contributed by atoms with Crippen LogP contribution in [-0.4, -0.2) is 18.8 Å². The quantitative estimate of drug-likeness (QED) is 0.782. The van der Waals surface area contributed by atoms with Gasteiger partial charge in [-0.1, -0.05) is 0 Å². The molecule has 0 fully saturated rings. The van der Waals surface area contributed by atoms with Crippen LogP contribution < -0.4 is 5.32 Å². The van der Waals surface area contributed by atoms with E-state index in [1.54, 1.807) is 0 Å². The lowest BCUT2D eigenvalue weighted by atomic mass is 10.2. The van der Waals surface area contributed by atoms with Gasteiger partial charge in [0, 0.05) is 6.54 Å². The first-order valence-corrected chi connectivity index (χ1v) is 5.82. The predicted molar refractivity (Wildman–Crippen MR) is 65.6 cm³/mol. The van der Waals surface area contributed by atoms with E-state index in [9.17, 15) is 0 Å². The highest BCUT2D eigenvalue weighted by molar-refractivity contribution is 5.08. The number of nitrogens with one attached hydrogen (secondary N) is 1.